The fourth-order valence-corrected chi connectivity index (χ4v) is 3.38. The van der Waals surface area contributed by atoms with Crippen LogP contribution in [-0.2, 0) is 0 Å². The SMILES string of the molecule is CCCCCCCCCCCCC(F)(F)C(F)(F)C(F)(F)C(F)(F)C(F)(F)C(F)(F)C(F)(F)C(F)(F)C(F)(F)F. The summed E-state index contributed by atoms with van der Waals surface area (Å²) in [6.07, 6.45) is -6.64. The lowest BCUT2D eigenvalue weighted by atomic mass is 9.86. The molecular weight excluding hydrogens is 613 g/mol. The van der Waals surface area contributed by atoms with Gasteiger partial charge in [-0.05, 0) is 6.42 Å². The topological polar surface area (TPSA) is 0 Å². The van der Waals surface area contributed by atoms with Gasteiger partial charge in [0.05, 0.1) is 0 Å². The zero-order chi connectivity index (χ0) is 32.3. The van der Waals surface area contributed by atoms with Gasteiger partial charge >= 0.3 is 53.6 Å². The van der Waals surface area contributed by atoms with Gasteiger partial charge in [-0.1, -0.05) is 64.7 Å². The first-order valence-electron chi connectivity index (χ1n) is 11.7. The van der Waals surface area contributed by atoms with E-state index in [1.807, 2.05) is 6.92 Å². The van der Waals surface area contributed by atoms with Gasteiger partial charge in [-0.15, -0.1) is 0 Å². The molecular formula is C21H25F19. The normalized spacial score (nSPS) is 15.6. The van der Waals surface area contributed by atoms with E-state index in [9.17, 15) is 83.4 Å². The predicted octanol–water partition coefficient (Wildman–Crippen LogP) is 10.9. The van der Waals surface area contributed by atoms with Crippen LogP contribution in [0, 0.1) is 0 Å². The summed E-state index contributed by atoms with van der Waals surface area (Å²) in [4.78, 5) is 0. The molecule has 0 bridgehead atoms. The lowest BCUT2D eigenvalue weighted by Crippen LogP contribution is -2.75. The molecule has 0 aromatic rings. The van der Waals surface area contributed by atoms with Crippen LogP contribution in [-0.4, -0.2) is 53.6 Å². The van der Waals surface area contributed by atoms with Gasteiger partial charge in [-0.3, -0.25) is 0 Å². The maximum Gasteiger partial charge on any atom is 0.460 e. The van der Waals surface area contributed by atoms with E-state index in [0.29, 0.717) is 19.3 Å². The van der Waals surface area contributed by atoms with Crippen molar-refractivity contribution >= 4 is 0 Å². The molecule has 0 aromatic carbocycles. The summed E-state index contributed by atoms with van der Waals surface area (Å²) in [5.74, 6) is -65.9. The lowest BCUT2D eigenvalue weighted by molar-refractivity contribution is -0.468. The Morgan fingerprint density at radius 3 is 0.850 bits per heavy atom. The Labute approximate surface area is 215 Å². The second-order valence-electron chi connectivity index (χ2n) is 9.15. The smallest absolute Gasteiger partial charge is 0.200 e. The van der Waals surface area contributed by atoms with Gasteiger partial charge in [0.15, 0.2) is 0 Å². The van der Waals surface area contributed by atoms with Crippen molar-refractivity contribution in [2.24, 2.45) is 0 Å². The predicted molar refractivity (Wildman–Crippen MR) is 102 cm³/mol. The molecule has 0 radical (unpaired) electrons. The zero-order valence-electron chi connectivity index (χ0n) is 20.5. The van der Waals surface area contributed by atoms with Crippen LogP contribution in [0.2, 0.25) is 0 Å². The van der Waals surface area contributed by atoms with Crippen molar-refractivity contribution in [1.82, 2.24) is 0 Å². The molecule has 0 spiro atoms. The highest BCUT2D eigenvalue weighted by atomic mass is 19.4. The molecule has 0 aromatic heterocycles. The highest BCUT2D eigenvalue weighted by Gasteiger charge is 2.96. The number of halogens is 19. The number of unbranched alkanes of at least 4 members (excludes halogenated alkanes) is 9. The number of hydrogen-bond donors (Lipinski definition) is 0. The Kier molecular flexibility index (Phi) is 12.1. The average molecular weight is 638 g/mol. The third-order valence-electron chi connectivity index (χ3n) is 6.03. The van der Waals surface area contributed by atoms with Gasteiger partial charge < -0.3 is 0 Å². The van der Waals surface area contributed by atoms with Gasteiger partial charge in [0.1, 0.15) is 0 Å². The molecule has 0 atom stereocenters. The van der Waals surface area contributed by atoms with Crippen LogP contribution in [0.3, 0.4) is 0 Å². The van der Waals surface area contributed by atoms with Crippen LogP contribution in [0.4, 0.5) is 83.4 Å². The van der Waals surface area contributed by atoms with Crippen molar-refractivity contribution < 1.29 is 83.4 Å². The minimum Gasteiger partial charge on any atom is -0.200 e. The molecule has 0 amide bonds. The van der Waals surface area contributed by atoms with Crippen molar-refractivity contribution in [3.8, 4) is 0 Å². The van der Waals surface area contributed by atoms with E-state index >= 15 is 0 Å². The van der Waals surface area contributed by atoms with Gasteiger partial charge in [0.2, 0.25) is 0 Å². The van der Waals surface area contributed by atoms with Crippen molar-refractivity contribution in [3.63, 3.8) is 0 Å². The summed E-state index contributed by atoms with van der Waals surface area (Å²) in [5, 5.41) is 0. The monoisotopic (exact) mass is 638 g/mol. The quantitative estimate of drug-likeness (QED) is 0.104. The highest BCUT2D eigenvalue weighted by molar-refractivity contribution is 5.16. The van der Waals surface area contributed by atoms with E-state index in [4.69, 9.17) is 0 Å². The third-order valence-corrected chi connectivity index (χ3v) is 6.03. The summed E-state index contributed by atoms with van der Waals surface area (Å²) in [5.41, 5.74) is 0. The first kappa shape index (κ1) is 38.7. The molecule has 0 aliphatic rings. The Bertz CT molecular complexity index is 781. The maximum absolute atomic E-state index is 13.8. The van der Waals surface area contributed by atoms with Gasteiger partial charge in [0.25, 0.3) is 0 Å². The second-order valence-corrected chi connectivity index (χ2v) is 9.15. The molecule has 0 saturated carbocycles. The Hall–Kier alpha value is -1.33. The molecule has 0 unspecified atom stereocenters. The highest BCUT2D eigenvalue weighted by Crippen LogP contribution is 2.65. The molecule has 0 nitrogen and oxygen atoms in total. The fourth-order valence-electron chi connectivity index (χ4n) is 3.38. The lowest BCUT2D eigenvalue weighted by Gasteiger charge is -2.43. The van der Waals surface area contributed by atoms with E-state index in [1.54, 1.807) is 0 Å². The molecule has 0 saturated heterocycles. The summed E-state index contributed by atoms with van der Waals surface area (Å²) >= 11 is 0. The second kappa shape index (κ2) is 12.5. The summed E-state index contributed by atoms with van der Waals surface area (Å²) in [6.45, 7) is 1.94. The number of rotatable bonds is 18. The molecule has 0 N–H and O–H groups in total. The van der Waals surface area contributed by atoms with Crippen LogP contribution >= 0.6 is 0 Å². The summed E-state index contributed by atoms with van der Waals surface area (Å²) < 4.78 is 252. The van der Waals surface area contributed by atoms with E-state index in [0.717, 1.165) is 25.7 Å². The van der Waals surface area contributed by atoms with Crippen LogP contribution in [0.15, 0.2) is 0 Å². The van der Waals surface area contributed by atoms with Crippen LogP contribution in [0.1, 0.15) is 77.6 Å². The molecule has 40 heavy (non-hydrogen) atoms. The Balaban J connectivity index is 5.85. The van der Waals surface area contributed by atoms with Crippen molar-refractivity contribution in [2.75, 3.05) is 0 Å². The average Bonchev–Trinajstić information content (AvgIpc) is 2.78. The molecule has 0 heterocycles. The van der Waals surface area contributed by atoms with Gasteiger partial charge in [-0.2, -0.15) is 83.4 Å². The van der Waals surface area contributed by atoms with Gasteiger partial charge in [-0.25, -0.2) is 0 Å². The molecule has 0 rings (SSSR count). The minimum absolute atomic E-state index is 0.0365. The maximum atomic E-state index is 13.8. The summed E-state index contributed by atoms with van der Waals surface area (Å²) in [6, 6.07) is 0. The molecule has 0 aliphatic heterocycles. The minimum atomic E-state index is -8.86. The van der Waals surface area contributed by atoms with Crippen molar-refractivity contribution in [2.45, 2.75) is 131 Å². The first-order valence-corrected chi connectivity index (χ1v) is 11.7. The summed E-state index contributed by atoms with van der Waals surface area (Å²) in [7, 11) is 0. The number of hydrogen-bond acceptors (Lipinski definition) is 0. The Morgan fingerprint density at radius 1 is 0.300 bits per heavy atom. The largest absolute Gasteiger partial charge is 0.460 e. The molecule has 242 valence electrons. The van der Waals surface area contributed by atoms with Crippen molar-refractivity contribution in [3.05, 3.63) is 0 Å². The van der Waals surface area contributed by atoms with E-state index < -0.39 is 72.8 Å². The van der Waals surface area contributed by atoms with Crippen LogP contribution in [0.25, 0.3) is 0 Å². The van der Waals surface area contributed by atoms with E-state index in [2.05, 4.69) is 0 Å². The molecule has 19 heteroatoms. The van der Waals surface area contributed by atoms with Crippen LogP contribution in [0.5, 0.6) is 0 Å². The molecule has 0 aliphatic carbocycles. The standard InChI is InChI=1S/C21H25F19/c1-2-3-4-5-6-7-8-9-10-11-12-13(22,23)14(24,25)15(26,27)16(28,29)17(30,31)18(32,33)19(34,35)20(36,37)21(38,39)40/h2-12H2,1H3. The fraction of sp³-hybridized carbons (Fsp3) is 1.00. The third kappa shape index (κ3) is 6.66. The Morgan fingerprint density at radius 2 is 0.550 bits per heavy atom. The molecule has 0 fully saturated rings. The zero-order valence-corrected chi connectivity index (χ0v) is 20.5. The van der Waals surface area contributed by atoms with Crippen molar-refractivity contribution in [1.29, 1.82) is 0 Å². The van der Waals surface area contributed by atoms with Crippen LogP contribution < -0.4 is 0 Å². The van der Waals surface area contributed by atoms with E-state index in [1.165, 1.54) is 0 Å². The first-order chi connectivity index (χ1) is 17.6. The van der Waals surface area contributed by atoms with Gasteiger partial charge in [0, 0.05) is 6.42 Å². The van der Waals surface area contributed by atoms with E-state index in [-0.39, 0.29) is 6.42 Å². The number of alkyl halides is 19.